The van der Waals surface area contributed by atoms with E-state index in [4.69, 9.17) is 9.47 Å². The summed E-state index contributed by atoms with van der Waals surface area (Å²) in [6.45, 7) is 1.02. The molecular formula is C17H22O3. The van der Waals surface area contributed by atoms with Gasteiger partial charge in [-0.05, 0) is 43.2 Å². The van der Waals surface area contributed by atoms with Gasteiger partial charge in [0.25, 0.3) is 0 Å². The fourth-order valence-corrected chi connectivity index (χ4v) is 4.02. The molecule has 1 aromatic carbocycles. The van der Waals surface area contributed by atoms with Gasteiger partial charge in [-0.1, -0.05) is 18.2 Å². The van der Waals surface area contributed by atoms with E-state index in [9.17, 15) is 5.11 Å². The molecule has 3 heteroatoms. The van der Waals surface area contributed by atoms with Gasteiger partial charge in [-0.3, -0.25) is 0 Å². The molecule has 3 unspecified atom stereocenters. The van der Waals surface area contributed by atoms with Crippen molar-refractivity contribution in [2.45, 2.75) is 44.3 Å². The Labute approximate surface area is 119 Å². The normalized spacial score (nSPS) is 35.9. The Kier molecular flexibility index (Phi) is 3.00. The molecule has 3 atom stereocenters. The van der Waals surface area contributed by atoms with Crippen molar-refractivity contribution < 1.29 is 14.6 Å². The number of aliphatic hydroxyl groups is 1. The van der Waals surface area contributed by atoms with Gasteiger partial charge in [-0.25, -0.2) is 0 Å². The van der Waals surface area contributed by atoms with Crippen LogP contribution in [0.4, 0.5) is 0 Å². The van der Waals surface area contributed by atoms with Crippen LogP contribution in [0.3, 0.4) is 0 Å². The lowest BCUT2D eigenvalue weighted by molar-refractivity contribution is -0.0208. The van der Waals surface area contributed by atoms with Crippen LogP contribution in [0.25, 0.3) is 0 Å². The van der Waals surface area contributed by atoms with E-state index < -0.39 is 0 Å². The van der Waals surface area contributed by atoms with Gasteiger partial charge in [0.15, 0.2) is 0 Å². The van der Waals surface area contributed by atoms with E-state index in [1.165, 1.54) is 18.4 Å². The van der Waals surface area contributed by atoms with E-state index in [-0.39, 0.29) is 24.2 Å². The molecule has 1 aliphatic carbocycles. The Balaban J connectivity index is 1.50. The molecule has 0 aromatic heterocycles. The molecule has 108 valence electrons. The molecule has 1 N–H and O–H groups in total. The predicted molar refractivity (Wildman–Crippen MR) is 75.8 cm³/mol. The summed E-state index contributed by atoms with van der Waals surface area (Å²) in [5.41, 5.74) is 1.22. The average molecular weight is 274 g/mol. The van der Waals surface area contributed by atoms with Crippen LogP contribution < -0.4 is 4.74 Å². The fourth-order valence-electron chi connectivity index (χ4n) is 4.02. The van der Waals surface area contributed by atoms with E-state index in [0.717, 1.165) is 31.6 Å². The molecule has 0 spiro atoms. The van der Waals surface area contributed by atoms with E-state index in [2.05, 4.69) is 12.1 Å². The summed E-state index contributed by atoms with van der Waals surface area (Å²) in [6, 6.07) is 8.28. The molecular weight excluding hydrogens is 252 g/mol. The lowest BCUT2D eigenvalue weighted by atomic mass is 9.74. The average Bonchev–Trinajstić information content (AvgIpc) is 3.09. The maximum absolute atomic E-state index is 10.0. The van der Waals surface area contributed by atoms with Gasteiger partial charge in [-0.2, -0.15) is 0 Å². The van der Waals surface area contributed by atoms with Gasteiger partial charge in [0.1, 0.15) is 11.9 Å². The van der Waals surface area contributed by atoms with Crippen LogP contribution >= 0.6 is 0 Å². The van der Waals surface area contributed by atoms with Gasteiger partial charge < -0.3 is 14.6 Å². The van der Waals surface area contributed by atoms with E-state index in [1.807, 2.05) is 12.1 Å². The standard InChI is InChI=1S/C17H22O3/c18-11-17(7-8-19-16(17)12-5-6-12)10-14-9-13-3-1-2-4-15(13)20-14/h1-4,12,14,16,18H,5-11H2. The Morgan fingerprint density at radius 1 is 1.25 bits per heavy atom. The minimum Gasteiger partial charge on any atom is -0.490 e. The molecule has 20 heavy (non-hydrogen) atoms. The van der Waals surface area contributed by atoms with Crippen molar-refractivity contribution in [3.8, 4) is 5.75 Å². The van der Waals surface area contributed by atoms with Crippen molar-refractivity contribution in [2.75, 3.05) is 13.2 Å². The van der Waals surface area contributed by atoms with Crippen LogP contribution in [0, 0.1) is 11.3 Å². The van der Waals surface area contributed by atoms with Gasteiger partial charge in [-0.15, -0.1) is 0 Å². The second kappa shape index (κ2) is 4.74. The zero-order valence-corrected chi connectivity index (χ0v) is 11.8. The number of benzene rings is 1. The van der Waals surface area contributed by atoms with Crippen molar-refractivity contribution in [1.29, 1.82) is 0 Å². The fraction of sp³-hybridized carbons (Fsp3) is 0.647. The van der Waals surface area contributed by atoms with E-state index >= 15 is 0 Å². The first-order valence-corrected chi connectivity index (χ1v) is 7.78. The summed E-state index contributed by atoms with van der Waals surface area (Å²) in [5, 5.41) is 10.0. The third-order valence-corrected chi connectivity index (χ3v) is 5.21. The lowest BCUT2D eigenvalue weighted by Crippen LogP contribution is -2.40. The minimum absolute atomic E-state index is 0.0755. The predicted octanol–water partition coefficient (Wildman–Crippen LogP) is 2.56. The van der Waals surface area contributed by atoms with Crippen molar-refractivity contribution >= 4 is 0 Å². The van der Waals surface area contributed by atoms with E-state index in [1.54, 1.807) is 0 Å². The molecule has 2 heterocycles. The number of aliphatic hydroxyl groups excluding tert-OH is 1. The highest BCUT2D eigenvalue weighted by atomic mass is 16.5. The number of hydrogen-bond donors (Lipinski definition) is 1. The third kappa shape index (κ3) is 2.04. The molecule has 2 fully saturated rings. The summed E-state index contributed by atoms with van der Waals surface area (Å²) < 4.78 is 12.0. The highest BCUT2D eigenvalue weighted by Crippen LogP contribution is 2.50. The number of ether oxygens (including phenoxy) is 2. The highest BCUT2D eigenvalue weighted by molar-refractivity contribution is 5.37. The second-order valence-electron chi connectivity index (χ2n) is 6.66. The molecule has 0 bridgehead atoms. The smallest absolute Gasteiger partial charge is 0.123 e. The Hall–Kier alpha value is -1.06. The molecule has 1 saturated heterocycles. The van der Waals surface area contributed by atoms with Gasteiger partial charge in [0, 0.05) is 18.4 Å². The molecule has 4 rings (SSSR count). The zero-order valence-electron chi connectivity index (χ0n) is 11.8. The van der Waals surface area contributed by atoms with Crippen LogP contribution in [0.2, 0.25) is 0 Å². The monoisotopic (exact) mass is 274 g/mol. The summed E-state index contributed by atoms with van der Waals surface area (Å²) in [5.74, 6) is 1.70. The molecule has 3 nitrogen and oxygen atoms in total. The SMILES string of the molecule is OCC1(CC2Cc3ccccc3O2)CCOC1C1CC1. The summed E-state index contributed by atoms with van der Waals surface area (Å²) in [7, 11) is 0. The van der Waals surface area contributed by atoms with Crippen LogP contribution in [-0.4, -0.2) is 30.5 Å². The quantitative estimate of drug-likeness (QED) is 0.917. The molecule has 2 aliphatic heterocycles. The molecule has 0 amide bonds. The first-order chi connectivity index (χ1) is 9.81. The molecule has 0 radical (unpaired) electrons. The van der Waals surface area contributed by atoms with Gasteiger partial charge in [0.2, 0.25) is 0 Å². The van der Waals surface area contributed by atoms with Crippen LogP contribution in [0.1, 0.15) is 31.2 Å². The van der Waals surface area contributed by atoms with Crippen LogP contribution in [0.5, 0.6) is 5.75 Å². The highest BCUT2D eigenvalue weighted by Gasteiger charge is 2.52. The lowest BCUT2D eigenvalue weighted by Gasteiger charge is -2.34. The maximum atomic E-state index is 10.0. The first-order valence-electron chi connectivity index (χ1n) is 7.78. The zero-order chi connectivity index (χ0) is 13.6. The van der Waals surface area contributed by atoms with Crippen molar-refractivity contribution in [1.82, 2.24) is 0 Å². The van der Waals surface area contributed by atoms with Gasteiger partial charge in [0.05, 0.1) is 12.7 Å². The topological polar surface area (TPSA) is 38.7 Å². The third-order valence-electron chi connectivity index (χ3n) is 5.21. The largest absolute Gasteiger partial charge is 0.490 e. The molecule has 1 saturated carbocycles. The number of hydrogen-bond acceptors (Lipinski definition) is 3. The van der Waals surface area contributed by atoms with Gasteiger partial charge >= 0.3 is 0 Å². The van der Waals surface area contributed by atoms with Crippen LogP contribution in [-0.2, 0) is 11.2 Å². The molecule has 1 aromatic rings. The maximum Gasteiger partial charge on any atom is 0.123 e. The van der Waals surface area contributed by atoms with E-state index in [0.29, 0.717) is 5.92 Å². The molecule has 3 aliphatic rings. The second-order valence-corrected chi connectivity index (χ2v) is 6.66. The van der Waals surface area contributed by atoms with Crippen molar-refractivity contribution in [3.63, 3.8) is 0 Å². The minimum atomic E-state index is -0.0755. The Morgan fingerprint density at radius 3 is 2.85 bits per heavy atom. The number of rotatable bonds is 4. The summed E-state index contributed by atoms with van der Waals surface area (Å²) >= 11 is 0. The number of para-hydroxylation sites is 1. The summed E-state index contributed by atoms with van der Waals surface area (Å²) in [4.78, 5) is 0. The van der Waals surface area contributed by atoms with Crippen LogP contribution in [0.15, 0.2) is 24.3 Å². The Morgan fingerprint density at radius 2 is 2.10 bits per heavy atom. The van der Waals surface area contributed by atoms with Crippen molar-refractivity contribution in [2.24, 2.45) is 11.3 Å². The van der Waals surface area contributed by atoms with Crippen molar-refractivity contribution in [3.05, 3.63) is 29.8 Å². The summed E-state index contributed by atoms with van der Waals surface area (Å²) in [6.07, 6.45) is 5.83. The Bertz CT molecular complexity index is 472. The number of fused-ring (bicyclic) bond motifs is 1. The first kappa shape index (κ1) is 12.7.